The number of halogens is 1. The third kappa shape index (κ3) is 3.43. The molecule has 2 aromatic carbocycles. The van der Waals surface area contributed by atoms with Gasteiger partial charge in [0, 0.05) is 11.0 Å². The zero-order chi connectivity index (χ0) is 17.1. The lowest BCUT2D eigenvalue weighted by atomic mass is 9.91. The van der Waals surface area contributed by atoms with Gasteiger partial charge >= 0.3 is 12.0 Å². The van der Waals surface area contributed by atoms with Gasteiger partial charge in [0.25, 0.3) is 0 Å². The fourth-order valence-corrected chi connectivity index (χ4v) is 3.41. The van der Waals surface area contributed by atoms with E-state index in [0.29, 0.717) is 12.2 Å². The molecule has 6 heteroatoms. The van der Waals surface area contributed by atoms with E-state index in [1.54, 1.807) is 11.0 Å². The van der Waals surface area contributed by atoms with Crippen molar-refractivity contribution in [3.63, 3.8) is 0 Å². The van der Waals surface area contributed by atoms with E-state index in [2.05, 4.69) is 21.2 Å². The summed E-state index contributed by atoms with van der Waals surface area (Å²) in [6.07, 6.45) is 0.607. The SMILES string of the molecule is O=C(O)C[C@@H]1c2ccccc2CCN1C(=O)Nc1ccccc1Br. The number of urea groups is 1. The minimum absolute atomic E-state index is 0.111. The second-order valence-electron chi connectivity index (χ2n) is 5.67. The third-order valence-electron chi connectivity index (χ3n) is 4.16. The highest BCUT2D eigenvalue weighted by Gasteiger charge is 2.32. The van der Waals surface area contributed by atoms with Crippen molar-refractivity contribution in [1.29, 1.82) is 0 Å². The molecule has 0 saturated carbocycles. The second-order valence-corrected chi connectivity index (χ2v) is 6.52. The van der Waals surface area contributed by atoms with Gasteiger partial charge in [-0.05, 0) is 45.6 Å². The molecule has 0 unspecified atom stereocenters. The van der Waals surface area contributed by atoms with E-state index >= 15 is 0 Å². The number of hydrogen-bond donors (Lipinski definition) is 2. The van der Waals surface area contributed by atoms with Gasteiger partial charge in [0.05, 0.1) is 18.2 Å². The first-order chi connectivity index (χ1) is 11.6. The van der Waals surface area contributed by atoms with E-state index in [9.17, 15) is 14.7 Å². The summed E-state index contributed by atoms with van der Waals surface area (Å²) in [5.41, 5.74) is 2.68. The Hall–Kier alpha value is -2.34. The van der Waals surface area contributed by atoms with Gasteiger partial charge < -0.3 is 15.3 Å². The number of nitrogens with zero attached hydrogens (tertiary/aromatic N) is 1. The Balaban J connectivity index is 1.87. The van der Waals surface area contributed by atoms with Gasteiger partial charge in [-0.2, -0.15) is 0 Å². The van der Waals surface area contributed by atoms with Crippen LogP contribution in [-0.4, -0.2) is 28.6 Å². The molecule has 0 aliphatic carbocycles. The van der Waals surface area contributed by atoms with Crippen LogP contribution in [0.25, 0.3) is 0 Å². The molecule has 1 aliphatic rings. The van der Waals surface area contributed by atoms with Gasteiger partial charge in [0.2, 0.25) is 0 Å². The fourth-order valence-electron chi connectivity index (χ4n) is 3.03. The molecule has 0 aromatic heterocycles. The molecule has 1 aliphatic heterocycles. The molecule has 1 atom stereocenters. The molecule has 0 fully saturated rings. The summed E-state index contributed by atoms with van der Waals surface area (Å²) in [6, 6.07) is 14.3. The molecule has 5 nitrogen and oxygen atoms in total. The number of amides is 2. The van der Waals surface area contributed by atoms with Crippen molar-refractivity contribution in [2.24, 2.45) is 0 Å². The first kappa shape index (κ1) is 16.5. The normalized spacial score (nSPS) is 16.4. The van der Waals surface area contributed by atoms with Gasteiger partial charge in [-0.25, -0.2) is 4.79 Å². The second kappa shape index (κ2) is 7.05. The third-order valence-corrected chi connectivity index (χ3v) is 4.85. The van der Waals surface area contributed by atoms with Crippen LogP contribution in [0.4, 0.5) is 10.5 Å². The number of anilines is 1. The van der Waals surface area contributed by atoms with E-state index in [-0.39, 0.29) is 12.5 Å². The van der Waals surface area contributed by atoms with Crippen LogP contribution in [-0.2, 0) is 11.2 Å². The number of fused-ring (bicyclic) bond motifs is 1. The summed E-state index contributed by atoms with van der Waals surface area (Å²) in [5, 5.41) is 12.1. The monoisotopic (exact) mass is 388 g/mol. The van der Waals surface area contributed by atoms with Crippen molar-refractivity contribution in [2.75, 3.05) is 11.9 Å². The average molecular weight is 389 g/mol. The zero-order valence-corrected chi connectivity index (χ0v) is 14.5. The molecule has 24 heavy (non-hydrogen) atoms. The predicted octanol–water partition coefficient (Wildman–Crippen LogP) is 4.06. The number of para-hydroxylation sites is 1. The number of carboxylic acids is 1. The van der Waals surface area contributed by atoms with Crippen molar-refractivity contribution in [2.45, 2.75) is 18.9 Å². The van der Waals surface area contributed by atoms with E-state index in [0.717, 1.165) is 22.0 Å². The molecular formula is C18H17BrN2O3. The number of carbonyl (C=O) groups excluding carboxylic acids is 1. The van der Waals surface area contributed by atoms with Crippen molar-refractivity contribution < 1.29 is 14.7 Å². The number of hydrogen-bond acceptors (Lipinski definition) is 2. The molecule has 0 bridgehead atoms. The Bertz CT molecular complexity index is 778. The number of nitrogens with one attached hydrogen (secondary N) is 1. The van der Waals surface area contributed by atoms with Crippen LogP contribution >= 0.6 is 15.9 Å². The maximum Gasteiger partial charge on any atom is 0.322 e. The van der Waals surface area contributed by atoms with Gasteiger partial charge in [-0.15, -0.1) is 0 Å². The molecule has 1 heterocycles. The van der Waals surface area contributed by atoms with Crippen LogP contribution in [0.1, 0.15) is 23.6 Å². The largest absolute Gasteiger partial charge is 0.481 e. The molecule has 0 saturated heterocycles. The first-order valence-electron chi connectivity index (χ1n) is 7.68. The predicted molar refractivity (Wildman–Crippen MR) is 95.0 cm³/mol. The van der Waals surface area contributed by atoms with Crippen molar-refractivity contribution in [3.05, 3.63) is 64.1 Å². The molecular weight excluding hydrogens is 372 g/mol. The minimum atomic E-state index is -0.921. The Morgan fingerprint density at radius 1 is 1.17 bits per heavy atom. The Morgan fingerprint density at radius 2 is 1.88 bits per heavy atom. The van der Waals surface area contributed by atoms with E-state index < -0.39 is 12.0 Å². The zero-order valence-electron chi connectivity index (χ0n) is 12.9. The lowest BCUT2D eigenvalue weighted by Gasteiger charge is -2.36. The lowest BCUT2D eigenvalue weighted by Crippen LogP contribution is -2.43. The molecule has 2 aromatic rings. The van der Waals surface area contributed by atoms with Crippen LogP contribution < -0.4 is 5.32 Å². The van der Waals surface area contributed by atoms with Gasteiger partial charge in [0.1, 0.15) is 0 Å². The molecule has 2 amide bonds. The summed E-state index contributed by atoms with van der Waals surface area (Å²) in [4.78, 5) is 25.6. The van der Waals surface area contributed by atoms with E-state index in [4.69, 9.17) is 0 Å². The smallest absolute Gasteiger partial charge is 0.322 e. The van der Waals surface area contributed by atoms with Crippen LogP contribution in [0.15, 0.2) is 53.0 Å². The maximum absolute atomic E-state index is 12.7. The van der Waals surface area contributed by atoms with Gasteiger partial charge in [-0.3, -0.25) is 4.79 Å². The van der Waals surface area contributed by atoms with Crippen molar-refractivity contribution in [1.82, 2.24) is 4.90 Å². The lowest BCUT2D eigenvalue weighted by molar-refractivity contribution is -0.138. The topological polar surface area (TPSA) is 69.6 Å². The Labute approximate surface area is 148 Å². The molecule has 0 radical (unpaired) electrons. The van der Waals surface area contributed by atoms with E-state index in [1.807, 2.05) is 42.5 Å². The summed E-state index contributed by atoms with van der Waals surface area (Å²) in [5.74, 6) is -0.921. The summed E-state index contributed by atoms with van der Waals surface area (Å²) < 4.78 is 0.783. The highest BCUT2D eigenvalue weighted by atomic mass is 79.9. The summed E-state index contributed by atoms with van der Waals surface area (Å²) in [7, 11) is 0. The molecule has 3 rings (SSSR count). The van der Waals surface area contributed by atoms with Crippen LogP contribution in [0, 0.1) is 0 Å². The van der Waals surface area contributed by atoms with Crippen LogP contribution in [0.2, 0.25) is 0 Å². The number of aliphatic carboxylic acids is 1. The summed E-state index contributed by atoms with van der Waals surface area (Å²) in [6.45, 7) is 0.491. The number of benzene rings is 2. The average Bonchev–Trinajstić information content (AvgIpc) is 2.56. The highest BCUT2D eigenvalue weighted by Crippen LogP contribution is 2.33. The van der Waals surface area contributed by atoms with Crippen molar-refractivity contribution in [3.8, 4) is 0 Å². The highest BCUT2D eigenvalue weighted by molar-refractivity contribution is 9.10. The van der Waals surface area contributed by atoms with Gasteiger partial charge in [-0.1, -0.05) is 36.4 Å². The number of carbonyl (C=O) groups is 2. The quantitative estimate of drug-likeness (QED) is 0.832. The van der Waals surface area contributed by atoms with Crippen molar-refractivity contribution >= 4 is 33.6 Å². The van der Waals surface area contributed by atoms with E-state index in [1.165, 1.54) is 0 Å². The Morgan fingerprint density at radius 3 is 2.62 bits per heavy atom. The molecule has 0 spiro atoms. The van der Waals surface area contributed by atoms with Gasteiger partial charge in [0.15, 0.2) is 0 Å². The fraction of sp³-hybridized carbons (Fsp3) is 0.222. The Kier molecular flexibility index (Phi) is 4.85. The summed E-state index contributed by atoms with van der Waals surface area (Å²) >= 11 is 3.40. The minimum Gasteiger partial charge on any atom is -0.481 e. The number of carboxylic acid groups (broad SMARTS) is 1. The molecule has 2 N–H and O–H groups in total. The number of rotatable bonds is 3. The van der Waals surface area contributed by atoms with Crippen LogP contribution in [0.5, 0.6) is 0 Å². The van der Waals surface area contributed by atoms with Crippen LogP contribution in [0.3, 0.4) is 0 Å². The first-order valence-corrected chi connectivity index (χ1v) is 8.47. The maximum atomic E-state index is 12.7. The molecule has 124 valence electrons. The standard InChI is InChI=1S/C18H17BrN2O3/c19-14-7-3-4-8-15(14)20-18(24)21-10-9-12-5-1-2-6-13(12)16(21)11-17(22)23/h1-8,16H,9-11H2,(H,20,24)(H,22,23)/t16-/m1/s1.